The lowest BCUT2D eigenvalue weighted by Gasteiger charge is -2.10. The van der Waals surface area contributed by atoms with Gasteiger partial charge in [-0.3, -0.25) is 9.82 Å². The van der Waals surface area contributed by atoms with Crippen molar-refractivity contribution in [2.45, 2.75) is 11.6 Å². The molecular formula is C11H12ClIN4O2S. The minimum Gasteiger partial charge on any atom is -0.316 e. The number of H-pyrrole nitrogens is 1. The van der Waals surface area contributed by atoms with E-state index in [0.29, 0.717) is 22.8 Å². The highest BCUT2D eigenvalue weighted by molar-refractivity contribution is 14.1. The number of rotatable bonds is 5. The zero-order valence-electron chi connectivity index (χ0n) is 10.4. The summed E-state index contributed by atoms with van der Waals surface area (Å²) in [6.07, 6.45) is 1.47. The van der Waals surface area contributed by atoms with Gasteiger partial charge in [0.2, 0.25) is 0 Å². The maximum Gasteiger partial charge on any atom is 0.279 e. The summed E-state index contributed by atoms with van der Waals surface area (Å²) in [5, 5.41) is 9.52. The quantitative estimate of drug-likeness (QED) is 0.640. The molecule has 2 rings (SSSR count). The van der Waals surface area contributed by atoms with Gasteiger partial charge in [-0.1, -0.05) is 11.6 Å². The Kier molecular flexibility index (Phi) is 4.89. The van der Waals surface area contributed by atoms with Gasteiger partial charge in [-0.2, -0.15) is 13.5 Å². The molecule has 6 nitrogen and oxygen atoms in total. The van der Waals surface area contributed by atoms with Crippen molar-refractivity contribution in [3.05, 3.63) is 38.6 Å². The number of aromatic amines is 1. The number of aromatic nitrogens is 2. The van der Waals surface area contributed by atoms with Crippen LogP contribution in [-0.2, 0) is 16.6 Å². The van der Waals surface area contributed by atoms with Gasteiger partial charge in [-0.15, -0.1) is 0 Å². The summed E-state index contributed by atoms with van der Waals surface area (Å²) in [6.45, 7) is 0.396. The molecule has 0 fully saturated rings. The Bertz CT molecular complexity index is 717. The summed E-state index contributed by atoms with van der Waals surface area (Å²) in [4.78, 5) is 0. The topological polar surface area (TPSA) is 86.9 Å². The number of hydrogen-bond acceptors (Lipinski definition) is 4. The summed E-state index contributed by atoms with van der Waals surface area (Å²) in [6, 6.07) is 5.07. The van der Waals surface area contributed by atoms with Crippen LogP contribution in [0, 0.1) is 3.57 Å². The molecule has 0 aliphatic heterocycles. The number of nitrogens with one attached hydrogen (secondary N) is 3. The molecule has 0 saturated heterocycles. The van der Waals surface area contributed by atoms with Crippen molar-refractivity contribution in [3.8, 4) is 0 Å². The van der Waals surface area contributed by atoms with Crippen molar-refractivity contribution >= 4 is 49.9 Å². The third kappa shape index (κ3) is 3.43. The minimum atomic E-state index is -3.75. The molecule has 0 saturated carbocycles. The molecule has 0 unspecified atom stereocenters. The Hall–Kier alpha value is -0.840. The normalized spacial score (nSPS) is 11.6. The Morgan fingerprint density at radius 2 is 2.20 bits per heavy atom. The molecule has 108 valence electrons. The first kappa shape index (κ1) is 15.5. The van der Waals surface area contributed by atoms with Crippen LogP contribution in [0.2, 0.25) is 5.02 Å². The number of halogens is 2. The van der Waals surface area contributed by atoms with Crippen molar-refractivity contribution < 1.29 is 8.42 Å². The molecule has 0 aliphatic carbocycles. The molecule has 1 aromatic carbocycles. The van der Waals surface area contributed by atoms with Crippen LogP contribution in [-0.4, -0.2) is 25.7 Å². The van der Waals surface area contributed by atoms with E-state index < -0.39 is 10.0 Å². The molecule has 0 bridgehead atoms. The number of nitrogens with zero attached hydrogens (tertiary/aromatic N) is 1. The second kappa shape index (κ2) is 6.29. The van der Waals surface area contributed by atoms with Crippen molar-refractivity contribution in [1.29, 1.82) is 0 Å². The van der Waals surface area contributed by atoms with Crippen LogP contribution in [0.4, 0.5) is 5.69 Å². The fraction of sp³-hybridized carbons (Fsp3) is 0.182. The number of hydrogen-bond donors (Lipinski definition) is 3. The van der Waals surface area contributed by atoms with Crippen molar-refractivity contribution in [3.63, 3.8) is 0 Å². The van der Waals surface area contributed by atoms with Gasteiger partial charge in [0.1, 0.15) is 0 Å². The first-order valence-corrected chi connectivity index (χ1v) is 8.53. The summed E-state index contributed by atoms with van der Waals surface area (Å²) < 4.78 is 28.0. The van der Waals surface area contributed by atoms with Gasteiger partial charge in [0.05, 0.1) is 16.9 Å². The van der Waals surface area contributed by atoms with Gasteiger partial charge in [0, 0.05) is 15.7 Å². The molecule has 3 N–H and O–H groups in total. The van der Waals surface area contributed by atoms with Gasteiger partial charge in [0.15, 0.2) is 5.03 Å². The summed E-state index contributed by atoms with van der Waals surface area (Å²) >= 11 is 8.13. The number of anilines is 1. The molecule has 20 heavy (non-hydrogen) atoms. The highest BCUT2D eigenvalue weighted by Gasteiger charge is 2.21. The van der Waals surface area contributed by atoms with Crippen LogP contribution < -0.4 is 10.0 Å². The first-order valence-electron chi connectivity index (χ1n) is 5.59. The van der Waals surface area contributed by atoms with E-state index in [1.54, 1.807) is 25.2 Å². The highest BCUT2D eigenvalue weighted by atomic mass is 127. The molecule has 0 spiro atoms. The van der Waals surface area contributed by atoms with Crippen molar-refractivity contribution in [2.75, 3.05) is 11.8 Å². The van der Waals surface area contributed by atoms with Crippen LogP contribution in [0.3, 0.4) is 0 Å². The van der Waals surface area contributed by atoms with E-state index in [2.05, 4.69) is 42.8 Å². The summed E-state index contributed by atoms with van der Waals surface area (Å²) in [7, 11) is -2.02. The van der Waals surface area contributed by atoms with Crippen LogP contribution in [0.25, 0.3) is 0 Å². The average Bonchev–Trinajstić information content (AvgIpc) is 2.82. The Balaban J connectivity index is 2.33. The minimum absolute atomic E-state index is 0.0291. The van der Waals surface area contributed by atoms with Gasteiger partial charge < -0.3 is 5.32 Å². The van der Waals surface area contributed by atoms with E-state index in [1.165, 1.54) is 6.20 Å². The first-order chi connectivity index (χ1) is 9.44. The maximum absolute atomic E-state index is 12.3. The largest absolute Gasteiger partial charge is 0.316 e. The second-order valence-electron chi connectivity index (χ2n) is 3.98. The molecule has 9 heteroatoms. The average molecular weight is 427 g/mol. The fourth-order valence-electron chi connectivity index (χ4n) is 1.62. The third-order valence-electron chi connectivity index (χ3n) is 2.49. The zero-order valence-corrected chi connectivity index (χ0v) is 14.2. The molecule has 1 aromatic heterocycles. The van der Waals surface area contributed by atoms with Gasteiger partial charge >= 0.3 is 0 Å². The van der Waals surface area contributed by atoms with E-state index in [0.717, 1.165) is 3.57 Å². The van der Waals surface area contributed by atoms with E-state index >= 15 is 0 Å². The monoisotopic (exact) mass is 426 g/mol. The van der Waals surface area contributed by atoms with Gasteiger partial charge in [0.25, 0.3) is 10.0 Å². The summed E-state index contributed by atoms with van der Waals surface area (Å²) in [5.41, 5.74) is 0.888. The lowest BCUT2D eigenvalue weighted by molar-refractivity contribution is 0.595. The van der Waals surface area contributed by atoms with Gasteiger partial charge in [-0.05, 0) is 47.8 Å². The van der Waals surface area contributed by atoms with Crippen molar-refractivity contribution in [2.24, 2.45) is 0 Å². The molecule has 0 atom stereocenters. The van der Waals surface area contributed by atoms with E-state index in [9.17, 15) is 8.42 Å². The predicted octanol–water partition coefficient (Wildman–Crippen LogP) is 2.19. The van der Waals surface area contributed by atoms with E-state index in [1.807, 2.05) is 0 Å². The van der Waals surface area contributed by atoms with Crippen molar-refractivity contribution in [1.82, 2.24) is 15.5 Å². The molecule has 2 aromatic rings. The smallest absolute Gasteiger partial charge is 0.279 e. The van der Waals surface area contributed by atoms with Crippen LogP contribution >= 0.6 is 34.2 Å². The second-order valence-corrected chi connectivity index (χ2v) is 7.26. The Morgan fingerprint density at radius 3 is 2.85 bits per heavy atom. The molecule has 0 amide bonds. The predicted molar refractivity (Wildman–Crippen MR) is 86.3 cm³/mol. The van der Waals surface area contributed by atoms with Gasteiger partial charge in [-0.25, -0.2) is 0 Å². The third-order valence-corrected chi connectivity index (χ3v) is 4.85. The Labute approximate surface area is 135 Å². The molecular weight excluding hydrogens is 415 g/mol. The number of sulfonamides is 1. The SMILES string of the molecule is CNCc1cn[nH]c1S(=O)(=O)Nc1ccc(I)cc1Cl. The lowest BCUT2D eigenvalue weighted by atomic mass is 10.3. The maximum atomic E-state index is 12.3. The van der Waals surface area contributed by atoms with E-state index in [4.69, 9.17) is 11.6 Å². The highest BCUT2D eigenvalue weighted by Crippen LogP contribution is 2.26. The molecule has 0 radical (unpaired) electrons. The van der Waals surface area contributed by atoms with Crippen LogP contribution in [0.15, 0.2) is 29.4 Å². The molecule has 1 heterocycles. The van der Waals surface area contributed by atoms with Crippen LogP contribution in [0.5, 0.6) is 0 Å². The Morgan fingerprint density at radius 1 is 1.45 bits per heavy atom. The van der Waals surface area contributed by atoms with E-state index in [-0.39, 0.29) is 5.03 Å². The zero-order chi connectivity index (χ0) is 14.8. The molecule has 0 aliphatic rings. The summed E-state index contributed by atoms with van der Waals surface area (Å²) in [5.74, 6) is 0. The standard InChI is InChI=1S/C11H12ClIN4O2S/c1-14-5-7-6-15-16-11(7)20(18,19)17-10-3-2-8(13)4-9(10)12/h2-4,6,14,17H,5H2,1H3,(H,15,16). The fourth-order valence-corrected chi connectivity index (χ4v) is 3.79. The lowest BCUT2D eigenvalue weighted by Crippen LogP contribution is -2.17. The number of benzene rings is 1. The van der Waals surface area contributed by atoms with Crippen LogP contribution in [0.1, 0.15) is 5.56 Å².